The monoisotopic (exact) mass is 1230 g/mol. The van der Waals surface area contributed by atoms with Gasteiger partial charge in [0, 0.05) is 0 Å². The van der Waals surface area contributed by atoms with Crippen molar-refractivity contribution in [2.45, 2.75) is 0 Å². The average Bonchev–Trinajstić information content (AvgIpc) is 0.694. The first-order valence-electron chi connectivity index (χ1n) is 34.4. The molecule has 0 aliphatic heterocycles. The Bertz CT molecular complexity index is 5770. The van der Waals surface area contributed by atoms with Gasteiger partial charge >= 0.3 is 0 Å². The van der Waals surface area contributed by atoms with Crippen LogP contribution in [0.4, 0.5) is 0 Å². The maximum absolute atomic E-state index is 2.64. The van der Waals surface area contributed by atoms with Crippen molar-refractivity contribution >= 4 is 165 Å². The summed E-state index contributed by atoms with van der Waals surface area (Å²) in [5, 5.41) is 27.2. The summed E-state index contributed by atoms with van der Waals surface area (Å²) in [7, 11) is 0. The second kappa shape index (κ2) is 22.7. The van der Waals surface area contributed by atoms with Crippen molar-refractivity contribution < 1.29 is 0 Å². The Morgan fingerprint density at radius 2 is 0.357 bits per heavy atom. The molecule has 20 aromatic rings. The van der Waals surface area contributed by atoms with Gasteiger partial charge in [0.1, 0.15) is 0 Å². The Kier molecular flexibility index (Phi) is 13.0. The Hall–Kier alpha value is -12.4. The van der Waals surface area contributed by atoms with Crippen molar-refractivity contribution in [3.63, 3.8) is 0 Å². The third-order valence-electron chi connectivity index (χ3n) is 21.6. The molecule has 2 heteroatoms. The zero-order valence-electron chi connectivity index (χ0n) is 53.8. The number of hydrogen-bond acceptors (Lipinski definition) is 0. The van der Waals surface area contributed by atoms with E-state index in [0.717, 1.165) is 0 Å². The summed E-state index contributed by atoms with van der Waals surface area (Å²) in [6.07, 6.45) is 0. The van der Waals surface area contributed by atoms with Gasteiger partial charge in [-0.15, -0.1) is 0 Å². The fraction of sp³-hybridized carbons (Fsp3) is 0. The largest absolute Gasteiger partial charge is 0.245 e. The molecule has 0 amide bonds. The highest BCUT2D eigenvalue weighted by molar-refractivity contribution is 7.03. The number of hydrogen-bond donors (Lipinski definition) is 0. The molecule has 20 rings (SSSR count). The SMILES string of the molecule is c1ccc(-c2ccccc2-c2cc(B(c3c4ccccc4cc4ccccc34)c3c4ccccc4cc4ccccc34)c3ccc4c(-c5ccccc5-c5ccccc5)cc(B(c5c6ccccc6cc6ccccc56)c5c6ccccc6cc6ccccc56)c5ccc2c3c54)cc1. The van der Waals surface area contributed by atoms with Gasteiger partial charge in [0.05, 0.1) is 0 Å². The van der Waals surface area contributed by atoms with Crippen molar-refractivity contribution in [2.24, 2.45) is 0 Å². The molecule has 0 saturated heterocycles. The Balaban J connectivity index is 1.04. The standard InChI is InChI=1S/C96H60B2/c1-3-27-61(28-4-1)71-39-23-25-49-81(71)87-59-89(97(93-73-41-15-7-31-63(73)55-64-32-8-16-42-74(64)93)94-75-43-17-9-33-65(75)56-66-34-10-18-44-76(66)94)85-54-52-84-88(82-50-26-24-40-72(82)62-29-5-2-6-30-62)60-90(86-53-51-83(87)91(85)92(84)86)98(95-77-45-19-11-35-67(77)57-68-36-12-20-46-78(68)95)96-79-47-21-13-37-69(79)58-70-38-14-22-48-80(70)96/h1-60H. The van der Waals surface area contributed by atoms with Crippen LogP contribution < -0.4 is 32.8 Å². The third-order valence-corrected chi connectivity index (χ3v) is 21.6. The van der Waals surface area contributed by atoms with E-state index in [1.807, 2.05) is 0 Å². The zero-order chi connectivity index (χ0) is 64.4. The normalized spacial score (nSPS) is 11.9. The Labute approximate surface area is 569 Å². The minimum atomic E-state index is -0.288. The lowest BCUT2D eigenvalue weighted by molar-refractivity contribution is 1.60. The lowest BCUT2D eigenvalue weighted by atomic mass is 9.33. The van der Waals surface area contributed by atoms with Crippen LogP contribution in [0.5, 0.6) is 0 Å². The van der Waals surface area contributed by atoms with Gasteiger partial charge in [-0.05, 0) is 187 Å². The summed E-state index contributed by atoms with van der Waals surface area (Å²) < 4.78 is 0. The van der Waals surface area contributed by atoms with E-state index in [9.17, 15) is 0 Å². The first-order chi connectivity index (χ1) is 48.7. The molecule has 0 nitrogen and oxygen atoms in total. The van der Waals surface area contributed by atoms with Gasteiger partial charge in [0.25, 0.3) is 0 Å². The van der Waals surface area contributed by atoms with E-state index < -0.39 is 0 Å². The second-order valence-corrected chi connectivity index (χ2v) is 26.7. The molecule has 0 aromatic heterocycles. The average molecular weight is 1240 g/mol. The molecule has 0 N–H and O–H groups in total. The highest BCUT2D eigenvalue weighted by Crippen LogP contribution is 2.46. The maximum atomic E-state index is 2.64. The summed E-state index contributed by atoms with van der Waals surface area (Å²) >= 11 is 0. The van der Waals surface area contributed by atoms with Crippen LogP contribution in [-0.4, -0.2) is 13.4 Å². The molecule has 0 spiro atoms. The highest BCUT2D eigenvalue weighted by Gasteiger charge is 2.36. The van der Waals surface area contributed by atoms with E-state index in [1.54, 1.807) is 0 Å². The van der Waals surface area contributed by atoms with Gasteiger partial charge in [-0.3, -0.25) is 0 Å². The number of rotatable bonds is 10. The molecular weight excluding hydrogens is 1170 g/mol. The molecule has 20 aromatic carbocycles. The predicted octanol–water partition coefficient (Wildman–Crippen LogP) is 21.5. The lowest BCUT2D eigenvalue weighted by Crippen LogP contribution is -2.54. The summed E-state index contributed by atoms with van der Waals surface area (Å²) in [5.41, 5.74) is 17.3. The van der Waals surface area contributed by atoms with Gasteiger partial charge < -0.3 is 0 Å². The van der Waals surface area contributed by atoms with Crippen LogP contribution >= 0.6 is 0 Å². The third kappa shape index (κ3) is 8.74. The lowest BCUT2D eigenvalue weighted by Gasteiger charge is -2.29. The molecule has 0 aliphatic rings. The quantitative estimate of drug-likeness (QED) is 0.0727. The molecule has 0 bridgehead atoms. The number of fused-ring (bicyclic) bond motifs is 8. The fourth-order valence-corrected chi connectivity index (χ4v) is 17.5. The molecule has 0 aliphatic carbocycles. The Morgan fingerprint density at radius 1 is 0.143 bits per heavy atom. The van der Waals surface area contributed by atoms with E-state index >= 15 is 0 Å². The summed E-state index contributed by atoms with van der Waals surface area (Å²) in [5.74, 6) is 0. The number of benzene rings is 20. The molecule has 450 valence electrons. The van der Waals surface area contributed by atoms with Gasteiger partial charge in [-0.25, -0.2) is 0 Å². The smallest absolute Gasteiger partial charge is 0.0622 e. The minimum absolute atomic E-state index is 0.288. The van der Waals surface area contributed by atoms with E-state index in [-0.39, 0.29) is 13.4 Å². The highest BCUT2D eigenvalue weighted by atomic mass is 14.3. The van der Waals surface area contributed by atoms with Crippen LogP contribution in [0.15, 0.2) is 364 Å². The minimum Gasteiger partial charge on any atom is -0.0622 e. The van der Waals surface area contributed by atoms with Crippen LogP contribution in [0.1, 0.15) is 0 Å². The van der Waals surface area contributed by atoms with Gasteiger partial charge in [-0.1, -0.05) is 372 Å². The zero-order valence-corrected chi connectivity index (χ0v) is 53.8. The van der Waals surface area contributed by atoms with Gasteiger partial charge in [0.2, 0.25) is 13.4 Å². The summed E-state index contributed by atoms with van der Waals surface area (Å²) in [4.78, 5) is 0. The first kappa shape index (κ1) is 56.0. The maximum Gasteiger partial charge on any atom is 0.245 e. The van der Waals surface area contributed by atoms with Crippen molar-refractivity contribution in [1.82, 2.24) is 0 Å². The van der Waals surface area contributed by atoms with Crippen molar-refractivity contribution in [1.29, 1.82) is 0 Å². The molecule has 0 saturated carbocycles. The van der Waals surface area contributed by atoms with Gasteiger partial charge in [0.15, 0.2) is 0 Å². The molecule has 98 heavy (non-hydrogen) atoms. The van der Waals surface area contributed by atoms with E-state index in [1.165, 1.54) is 196 Å². The van der Waals surface area contributed by atoms with Gasteiger partial charge in [-0.2, -0.15) is 0 Å². The topological polar surface area (TPSA) is 0 Å². The van der Waals surface area contributed by atoms with Crippen LogP contribution in [0.25, 0.3) is 163 Å². The fourth-order valence-electron chi connectivity index (χ4n) is 17.5. The molecule has 0 atom stereocenters. The van der Waals surface area contributed by atoms with E-state index in [2.05, 4.69) is 364 Å². The predicted molar refractivity (Wildman–Crippen MR) is 427 cm³/mol. The van der Waals surface area contributed by atoms with Crippen molar-refractivity contribution in [3.8, 4) is 44.5 Å². The molecular formula is C96H60B2. The van der Waals surface area contributed by atoms with E-state index in [0.29, 0.717) is 0 Å². The summed E-state index contributed by atoms with van der Waals surface area (Å²) in [6.45, 7) is -0.576. The van der Waals surface area contributed by atoms with E-state index in [4.69, 9.17) is 0 Å². The molecule has 0 heterocycles. The molecule has 0 unspecified atom stereocenters. The first-order valence-corrected chi connectivity index (χ1v) is 34.4. The van der Waals surface area contributed by atoms with Crippen LogP contribution in [0, 0.1) is 0 Å². The second-order valence-electron chi connectivity index (χ2n) is 26.7. The Morgan fingerprint density at radius 3 is 0.622 bits per heavy atom. The van der Waals surface area contributed by atoms with Crippen molar-refractivity contribution in [2.75, 3.05) is 0 Å². The molecule has 0 radical (unpaired) electrons. The molecule has 0 fully saturated rings. The van der Waals surface area contributed by atoms with Crippen LogP contribution in [0.2, 0.25) is 0 Å². The van der Waals surface area contributed by atoms with Crippen molar-refractivity contribution in [3.05, 3.63) is 364 Å². The van der Waals surface area contributed by atoms with Crippen LogP contribution in [-0.2, 0) is 0 Å². The van der Waals surface area contributed by atoms with Crippen LogP contribution in [0.3, 0.4) is 0 Å². The summed E-state index contributed by atoms with van der Waals surface area (Å²) in [6, 6.07) is 139.